The van der Waals surface area contributed by atoms with E-state index in [4.69, 9.17) is 0 Å². The molecule has 7 heteroatoms. The molecule has 1 unspecified atom stereocenters. The monoisotopic (exact) mass is 355 g/mol. The second-order valence-corrected chi connectivity index (χ2v) is 6.10. The molecule has 6 nitrogen and oxygen atoms in total. The highest BCUT2D eigenvalue weighted by molar-refractivity contribution is 6.03. The van der Waals surface area contributed by atoms with Crippen LogP contribution in [0.4, 0.5) is 21.5 Å². The van der Waals surface area contributed by atoms with Crippen molar-refractivity contribution in [1.29, 1.82) is 0 Å². The fourth-order valence-corrected chi connectivity index (χ4v) is 2.87. The molecule has 1 atom stereocenters. The second kappa shape index (κ2) is 7.35. The van der Waals surface area contributed by atoms with Crippen molar-refractivity contribution in [3.63, 3.8) is 0 Å². The number of anilines is 3. The first-order chi connectivity index (χ1) is 12.4. The van der Waals surface area contributed by atoms with Crippen LogP contribution >= 0.6 is 0 Å². The SMILES string of the molecule is CC(=O)Nc1ccc(NC(=O)C2CC(=O)N(c3ccccc3F)C2)cc1. The zero-order valence-electron chi connectivity index (χ0n) is 14.2. The molecule has 0 bridgehead atoms. The maximum Gasteiger partial charge on any atom is 0.229 e. The molecule has 2 aromatic carbocycles. The molecule has 0 saturated carbocycles. The Morgan fingerprint density at radius 2 is 1.65 bits per heavy atom. The highest BCUT2D eigenvalue weighted by Gasteiger charge is 2.36. The summed E-state index contributed by atoms with van der Waals surface area (Å²) in [5.74, 6) is -1.81. The Morgan fingerprint density at radius 3 is 2.27 bits per heavy atom. The second-order valence-electron chi connectivity index (χ2n) is 6.10. The van der Waals surface area contributed by atoms with Crippen LogP contribution in [0.2, 0.25) is 0 Å². The summed E-state index contributed by atoms with van der Waals surface area (Å²) < 4.78 is 13.9. The molecule has 0 spiro atoms. The molecular formula is C19H18FN3O3. The van der Waals surface area contributed by atoms with Crippen molar-refractivity contribution in [2.45, 2.75) is 13.3 Å². The average Bonchev–Trinajstić information content (AvgIpc) is 2.98. The number of nitrogens with zero attached hydrogens (tertiary/aromatic N) is 1. The number of rotatable bonds is 4. The van der Waals surface area contributed by atoms with Crippen LogP contribution in [0.25, 0.3) is 0 Å². The number of carbonyl (C=O) groups is 3. The van der Waals surface area contributed by atoms with E-state index >= 15 is 0 Å². The Kier molecular flexibility index (Phi) is 4.97. The molecule has 0 aliphatic carbocycles. The molecule has 3 rings (SSSR count). The van der Waals surface area contributed by atoms with Crippen LogP contribution in [0.5, 0.6) is 0 Å². The Morgan fingerprint density at radius 1 is 1.04 bits per heavy atom. The van der Waals surface area contributed by atoms with Gasteiger partial charge in [0.05, 0.1) is 11.6 Å². The van der Waals surface area contributed by atoms with E-state index in [1.807, 2.05) is 0 Å². The maximum atomic E-state index is 13.9. The van der Waals surface area contributed by atoms with E-state index in [9.17, 15) is 18.8 Å². The van der Waals surface area contributed by atoms with Crippen LogP contribution in [0.15, 0.2) is 48.5 Å². The van der Waals surface area contributed by atoms with E-state index in [1.165, 1.54) is 24.0 Å². The molecule has 134 valence electrons. The molecule has 1 fully saturated rings. The van der Waals surface area contributed by atoms with E-state index in [2.05, 4.69) is 10.6 Å². The minimum absolute atomic E-state index is 0.0319. The molecule has 1 saturated heterocycles. The number of nitrogens with one attached hydrogen (secondary N) is 2. The molecule has 1 aliphatic heterocycles. The molecular weight excluding hydrogens is 337 g/mol. The van der Waals surface area contributed by atoms with Crippen LogP contribution in [0, 0.1) is 11.7 Å². The van der Waals surface area contributed by atoms with Gasteiger partial charge in [0.25, 0.3) is 0 Å². The number of para-hydroxylation sites is 1. The Balaban J connectivity index is 1.65. The summed E-state index contributed by atoms with van der Waals surface area (Å²) in [7, 11) is 0. The number of hydrogen-bond donors (Lipinski definition) is 2. The fraction of sp³-hybridized carbons (Fsp3) is 0.211. The first-order valence-corrected chi connectivity index (χ1v) is 8.17. The third kappa shape index (κ3) is 3.88. The quantitative estimate of drug-likeness (QED) is 0.885. The highest BCUT2D eigenvalue weighted by atomic mass is 19.1. The van der Waals surface area contributed by atoms with Gasteiger partial charge in [-0.3, -0.25) is 14.4 Å². The molecule has 0 aromatic heterocycles. The molecule has 1 aliphatic rings. The van der Waals surface area contributed by atoms with Crippen molar-refractivity contribution in [2.75, 3.05) is 22.1 Å². The number of amides is 3. The minimum atomic E-state index is -0.558. The molecule has 26 heavy (non-hydrogen) atoms. The van der Waals surface area contributed by atoms with E-state index < -0.39 is 11.7 Å². The van der Waals surface area contributed by atoms with Gasteiger partial charge in [0.2, 0.25) is 17.7 Å². The zero-order chi connectivity index (χ0) is 18.7. The molecule has 2 aromatic rings. The first kappa shape index (κ1) is 17.6. The predicted molar refractivity (Wildman–Crippen MR) is 96.2 cm³/mol. The Hall–Kier alpha value is -3.22. The Labute approximate surface area is 150 Å². The van der Waals surface area contributed by atoms with Gasteiger partial charge in [0, 0.05) is 31.3 Å². The van der Waals surface area contributed by atoms with E-state index in [0.717, 1.165) is 0 Å². The van der Waals surface area contributed by atoms with Gasteiger partial charge in [-0.1, -0.05) is 12.1 Å². The van der Waals surface area contributed by atoms with Crippen molar-refractivity contribution in [1.82, 2.24) is 0 Å². The van der Waals surface area contributed by atoms with Crippen molar-refractivity contribution >= 4 is 34.8 Å². The molecule has 0 radical (unpaired) electrons. The number of halogens is 1. The van der Waals surface area contributed by atoms with Crippen molar-refractivity contribution in [2.24, 2.45) is 5.92 Å². The summed E-state index contributed by atoms with van der Waals surface area (Å²) in [5.41, 5.74) is 1.37. The number of benzene rings is 2. The standard InChI is InChI=1S/C19H18FN3O3/c1-12(24)21-14-6-8-15(9-7-14)22-19(26)13-10-18(25)23(11-13)17-5-3-2-4-16(17)20/h2-9,13H,10-11H2,1H3,(H,21,24)(H,22,26). The van der Waals surface area contributed by atoms with Crippen molar-refractivity contribution in [3.05, 3.63) is 54.3 Å². The van der Waals surface area contributed by atoms with Gasteiger partial charge >= 0.3 is 0 Å². The summed E-state index contributed by atoms with van der Waals surface area (Å²) in [6.07, 6.45) is 0.0319. The summed E-state index contributed by atoms with van der Waals surface area (Å²) in [6.45, 7) is 1.55. The lowest BCUT2D eigenvalue weighted by Gasteiger charge is -2.17. The summed E-state index contributed by atoms with van der Waals surface area (Å²) in [4.78, 5) is 36.9. The third-order valence-electron chi connectivity index (χ3n) is 4.11. The summed E-state index contributed by atoms with van der Waals surface area (Å²) in [6, 6.07) is 12.7. The van der Waals surface area contributed by atoms with Crippen LogP contribution in [-0.4, -0.2) is 24.3 Å². The van der Waals surface area contributed by atoms with E-state index in [-0.39, 0.29) is 36.4 Å². The lowest BCUT2D eigenvalue weighted by atomic mass is 10.1. The number of carbonyl (C=O) groups excluding carboxylic acids is 3. The van der Waals surface area contributed by atoms with Gasteiger partial charge in [0.1, 0.15) is 5.82 Å². The lowest BCUT2D eigenvalue weighted by molar-refractivity contribution is -0.122. The molecule has 2 N–H and O–H groups in total. The largest absolute Gasteiger partial charge is 0.326 e. The fourth-order valence-electron chi connectivity index (χ4n) is 2.87. The summed E-state index contributed by atoms with van der Waals surface area (Å²) in [5, 5.41) is 5.38. The zero-order valence-corrected chi connectivity index (χ0v) is 14.2. The van der Waals surface area contributed by atoms with Crippen molar-refractivity contribution in [3.8, 4) is 0 Å². The highest BCUT2D eigenvalue weighted by Crippen LogP contribution is 2.28. The predicted octanol–water partition coefficient (Wildman–Crippen LogP) is 2.78. The van der Waals surface area contributed by atoms with Gasteiger partial charge in [-0.25, -0.2) is 4.39 Å². The Bertz CT molecular complexity index is 851. The third-order valence-corrected chi connectivity index (χ3v) is 4.11. The van der Waals surface area contributed by atoms with E-state index in [0.29, 0.717) is 11.4 Å². The van der Waals surface area contributed by atoms with Crippen LogP contribution in [0.3, 0.4) is 0 Å². The number of hydrogen-bond acceptors (Lipinski definition) is 3. The molecule has 1 heterocycles. The normalized spacial score (nSPS) is 16.5. The molecule has 3 amide bonds. The first-order valence-electron chi connectivity index (χ1n) is 8.17. The summed E-state index contributed by atoms with van der Waals surface area (Å²) >= 11 is 0. The lowest BCUT2D eigenvalue weighted by Crippen LogP contribution is -2.28. The van der Waals surface area contributed by atoms with Crippen molar-refractivity contribution < 1.29 is 18.8 Å². The van der Waals surface area contributed by atoms with Gasteiger partial charge in [-0.2, -0.15) is 0 Å². The van der Waals surface area contributed by atoms with Crippen LogP contribution in [-0.2, 0) is 14.4 Å². The van der Waals surface area contributed by atoms with Crippen LogP contribution in [0.1, 0.15) is 13.3 Å². The van der Waals surface area contributed by atoms with E-state index in [1.54, 1.807) is 36.4 Å². The van der Waals surface area contributed by atoms with Gasteiger partial charge in [-0.05, 0) is 36.4 Å². The smallest absolute Gasteiger partial charge is 0.229 e. The van der Waals surface area contributed by atoms with Crippen LogP contribution < -0.4 is 15.5 Å². The maximum absolute atomic E-state index is 13.9. The van der Waals surface area contributed by atoms with Gasteiger partial charge < -0.3 is 15.5 Å². The minimum Gasteiger partial charge on any atom is -0.326 e. The topological polar surface area (TPSA) is 78.5 Å². The average molecular weight is 355 g/mol. The van der Waals surface area contributed by atoms with Gasteiger partial charge in [0.15, 0.2) is 0 Å². The van der Waals surface area contributed by atoms with Gasteiger partial charge in [-0.15, -0.1) is 0 Å².